The van der Waals surface area contributed by atoms with Crippen molar-refractivity contribution in [2.24, 2.45) is 56.7 Å². The van der Waals surface area contributed by atoms with Crippen LogP contribution in [-0.2, 0) is 9.47 Å². The summed E-state index contributed by atoms with van der Waals surface area (Å²) in [7, 11) is 0. The normalized spacial score (nSPS) is 55.2. The van der Waals surface area contributed by atoms with Crippen LogP contribution in [0.15, 0.2) is 12.2 Å². The molecule has 14 atom stereocenters. The third-order valence-corrected chi connectivity index (χ3v) is 15.5. The fraction of sp³-hybridized carbons (Fsp3) is 0.944. The van der Waals surface area contributed by atoms with E-state index in [1.54, 1.807) is 0 Å². The minimum Gasteiger partial charge on any atom is -0.396 e. The zero-order valence-electron chi connectivity index (χ0n) is 27.3. The van der Waals surface area contributed by atoms with E-state index in [1.807, 2.05) is 0 Å². The Morgan fingerprint density at radius 1 is 0.857 bits per heavy atom. The molecule has 0 aromatic heterocycles. The predicted molar refractivity (Wildman–Crippen MR) is 163 cm³/mol. The van der Waals surface area contributed by atoms with Crippen LogP contribution in [0.2, 0.25) is 0 Å². The van der Waals surface area contributed by atoms with Gasteiger partial charge < -0.3 is 29.9 Å². The first-order valence-corrected chi connectivity index (χ1v) is 17.2. The lowest BCUT2D eigenvalue weighted by Gasteiger charge is -2.73. The molecule has 42 heavy (non-hydrogen) atoms. The maximum atomic E-state index is 10.8. The Kier molecular flexibility index (Phi) is 7.89. The van der Waals surface area contributed by atoms with Crippen molar-refractivity contribution in [2.75, 3.05) is 13.2 Å². The van der Waals surface area contributed by atoms with Crippen molar-refractivity contribution in [1.29, 1.82) is 0 Å². The van der Waals surface area contributed by atoms with E-state index in [4.69, 9.17) is 9.47 Å². The highest BCUT2D eigenvalue weighted by Crippen LogP contribution is 2.77. The first-order chi connectivity index (χ1) is 19.7. The fourth-order valence-corrected chi connectivity index (χ4v) is 13.1. The van der Waals surface area contributed by atoms with E-state index >= 15 is 0 Å². The zero-order chi connectivity index (χ0) is 30.5. The lowest BCUT2D eigenvalue weighted by Crippen LogP contribution is -2.67. The van der Waals surface area contributed by atoms with Crippen molar-refractivity contribution < 1.29 is 29.9 Å². The average molecular weight is 589 g/mol. The smallest absolute Gasteiger partial charge is 0.161 e. The van der Waals surface area contributed by atoms with E-state index in [-0.39, 0.29) is 46.2 Å². The third kappa shape index (κ3) is 4.24. The van der Waals surface area contributed by atoms with Gasteiger partial charge in [0.15, 0.2) is 6.29 Å². The van der Waals surface area contributed by atoms with Gasteiger partial charge in [0.2, 0.25) is 0 Å². The van der Waals surface area contributed by atoms with Crippen LogP contribution in [0.5, 0.6) is 0 Å². The number of allylic oxidation sites excluding steroid dienone is 1. The van der Waals surface area contributed by atoms with Gasteiger partial charge in [-0.25, -0.2) is 0 Å². The number of ether oxygens (including phenoxy) is 2. The quantitative estimate of drug-likeness (QED) is 0.238. The van der Waals surface area contributed by atoms with Crippen LogP contribution in [0.3, 0.4) is 0 Å². The van der Waals surface area contributed by atoms with Gasteiger partial charge in [-0.15, -0.1) is 0 Å². The molecule has 5 saturated carbocycles. The van der Waals surface area contributed by atoms with Gasteiger partial charge in [0.05, 0.1) is 18.8 Å². The van der Waals surface area contributed by atoms with Crippen LogP contribution in [0.25, 0.3) is 0 Å². The summed E-state index contributed by atoms with van der Waals surface area (Å²) < 4.78 is 12.5. The monoisotopic (exact) mass is 588 g/mol. The molecule has 0 radical (unpaired) electrons. The second-order valence-electron chi connectivity index (χ2n) is 17.3. The second kappa shape index (κ2) is 10.5. The summed E-state index contributed by atoms with van der Waals surface area (Å²) in [5.41, 5.74) is 2.15. The van der Waals surface area contributed by atoms with E-state index in [0.29, 0.717) is 36.2 Å². The highest BCUT2D eigenvalue weighted by molar-refractivity contribution is 5.21. The highest BCUT2D eigenvalue weighted by atomic mass is 16.7. The Morgan fingerprint density at radius 2 is 1.60 bits per heavy atom. The summed E-state index contributed by atoms with van der Waals surface area (Å²) in [5.74, 6) is 2.96. The summed E-state index contributed by atoms with van der Waals surface area (Å²) >= 11 is 0. The van der Waals surface area contributed by atoms with Gasteiger partial charge in [-0.3, -0.25) is 0 Å². The molecule has 1 unspecified atom stereocenters. The van der Waals surface area contributed by atoms with Crippen LogP contribution in [-0.4, -0.2) is 64.3 Å². The fourth-order valence-electron chi connectivity index (χ4n) is 13.1. The van der Waals surface area contributed by atoms with E-state index in [0.717, 1.165) is 25.7 Å². The maximum Gasteiger partial charge on any atom is 0.161 e. The predicted octanol–water partition coefficient (Wildman–Crippen LogP) is 5.85. The molecule has 6 heteroatoms. The molecular weight excluding hydrogens is 528 g/mol. The summed E-state index contributed by atoms with van der Waals surface area (Å²) in [6.45, 7) is 19.4. The summed E-state index contributed by atoms with van der Waals surface area (Å²) in [6.07, 6.45) is 8.62. The van der Waals surface area contributed by atoms with E-state index in [1.165, 1.54) is 44.1 Å². The Labute approximate surface area is 254 Å². The third-order valence-electron chi connectivity index (χ3n) is 15.5. The molecule has 6 rings (SSSR count). The number of hydrogen-bond donors (Lipinski definition) is 4. The Bertz CT molecular complexity index is 1040. The molecule has 0 bridgehead atoms. The summed E-state index contributed by atoms with van der Waals surface area (Å²) in [6, 6.07) is 0. The number of hydrogen-bond acceptors (Lipinski definition) is 6. The minimum absolute atomic E-state index is 0.00769. The summed E-state index contributed by atoms with van der Waals surface area (Å²) in [5, 5.41) is 41.1. The molecule has 4 N–H and O–H groups in total. The molecule has 1 aliphatic heterocycles. The van der Waals surface area contributed by atoms with Crippen molar-refractivity contribution in [3.05, 3.63) is 12.2 Å². The molecule has 0 spiro atoms. The maximum absolute atomic E-state index is 10.8. The van der Waals surface area contributed by atoms with Crippen molar-refractivity contribution in [3.8, 4) is 0 Å². The molecule has 6 aliphatic rings. The van der Waals surface area contributed by atoms with Crippen LogP contribution >= 0.6 is 0 Å². The van der Waals surface area contributed by atoms with E-state index in [9.17, 15) is 20.4 Å². The van der Waals surface area contributed by atoms with Crippen molar-refractivity contribution in [2.45, 2.75) is 143 Å². The lowest BCUT2D eigenvalue weighted by atomic mass is 9.32. The van der Waals surface area contributed by atoms with Crippen LogP contribution in [0, 0.1) is 56.7 Å². The Balaban J connectivity index is 1.25. The topological polar surface area (TPSA) is 99.4 Å². The number of aliphatic hydroxyl groups excluding tert-OH is 4. The number of fused-ring (bicyclic) bond motifs is 7. The molecule has 0 aromatic carbocycles. The van der Waals surface area contributed by atoms with Gasteiger partial charge in [-0.05, 0) is 128 Å². The molecule has 5 aliphatic carbocycles. The molecule has 6 nitrogen and oxygen atoms in total. The zero-order valence-corrected chi connectivity index (χ0v) is 27.3. The molecule has 6 fully saturated rings. The largest absolute Gasteiger partial charge is 0.396 e. The van der Waals surface area contributed by atoms with E-state index in [2.05, 4.69) is 48.1 Å². The molecule has 1 heterocycles. The highest BCUT2D eigenvalue weighted by Gasteiger charge is 2.71. The van der Waals surface area contributed by atoms with Crippen LogP contribution in [0.1, 0.15) is 112 Å². The van der Waals surface area contributed by atoms with Gasteiger partial charge in [0, 0.05) is 13.0 Å². The SMILES string of the molecule is C=C(C)[C@@H]1CC[C@]2(CO)CC[C@]3(C)[C@H](CCC4[C@@]5(C)CC[C@@H](O[C@H]6C[C@@H](O)[C@H](O)[C@@H](CO)O6)C(C)(C)[C@@H]5CC[C@]43C)[C@@H]12. The first kappa shape index (κ1) is 31.5. The van der Waals surface area contributed by atoms with Crippen molar-refractivity contribution >= 4 is 0 Å². The van der Waals surface area contributed by atoms with Gasteiger partial charge in [-0.2, -0.15) is 0 Å². The van der Waals surface area contributed by atoms with Gasteiger partial charge in [-0.1, -0.05) is 46.8 Å². The lowest BCUT2D eigenvalue weighted by molar-refractivity contribution is -0.302. The molecular formula is C36H60O6. The van der Waals surface area contributed by atoms with Crippen LogP contribution < -0.4 is 0 Å². The standard InChI is InChI=1S/C36H60O6/c1-21(2)22-10-15-36(20-38)17-16-34(6)23(30(22)36)8-9-27-33(5)13-12-28(32(3,4)26(33)11-14-35(27,34)7)42-29-18-24(39)31(40)25(19-37)41-29/h22-31,37-40H,1,8-20H2,2-7H3/t22-,23+,24+,25+,26-,27?,28+,29-,30+,31-,33-,34+,35+,36+/m0/s1. The van der Waals surface area contributed by atoms with Crippen molar-refractivity contribution in [1.82, 2.24) is 0 Å². The van der Waals surface area contributed by atoms with Gasteiger partial charge in [0.25, 0.3) is 0 Å². The Hall–Kier alpha value is -0.500. The molecule has 0 aromatic rings. The molecule has 1 saturated heterocycles. The molecule has 0 amide bonds. The Morgan fingerprint density at radius 3 is 2.26 bits per heavy atom. The number of aliphatic hydroxyl groups is 4. The summed E-state index contributed by atoms with van der Waals surface area (Å²) in [4.78, 5) is 0. The van der Waals surface area contributed by atoms with Gasteiger partial charge >= 0.3 is 0 Å². The van der Waals surface area contributed by atoms with E-state index < -0.39 is 24.6 Å². The minimum atomic E-state index is -1.08. The number of rotatable bonds is 5. The van der Waals surface area contributed by atoms with Crippen molar-refractivity contribution in [3.63, 3.8) is 0 Å². The van der Waals surface area contributed by atoms with Gasteiger partial charge in [0.1, 0.15) is 12.2 Å². The second-order valence-corrected chi connectivity index (χ2v) is 17.3. The van der Waals surface area contributed by atoms with Crippen LogP contribution in [0.4, 0.5) is 0 Å². The molecule has 240 valence electrons. The average Bonchev–Trinajstić information content (AvgIpc) is 3.33. The first-order valence-electron chi connectivity index (χ1n) is 17.2.